The molecule has 0 aromatic heterocycles. The maximum atomic E-state index is 5.67. The van der Waals surface area contributed by atoms with E-state index in [2.05, 4.69) is 42.2 Å². The fourth-order valence-corrected chi connectivity index (χ4v) is 2.50. The van der Waals surface area contributed by atoms with Gasteiger partial charge in [-0.05, 0) is 18.4 Å². The molecule has 2 heteroatoms. The van der Waals surface area contributed by atoms with E-state index in [9.17, 15) is 0 Å². The van der Waals surface area contributed by atoms with E-state index in [-0.39, 0.29) is 5.60 Å². The quantitative estimate of drug-likeness (QED) is 0.772. The summed E-state index contributed by atoms with van der Waals surface area (Å²) < 4.78 is 5.67. The lowest BCUT2D eigenvalue weighted by atomic mass is 10.00. The molecule has 0 aliphatic carbocycles. The third kappa shape index (κ3) is 2.45. The Kier molecular flexibility index (Phi) is 3.62. The Morgan fingerprint density at radius 1 is 1.31 bits per heavy atom. The van der Waals surface area contributed by atoms with Gasteiger partial charge in [0.25, 0.3) is 0 Å². The van der Waals surface area contributed by atoms with Crippen LogP contribution in [0.2, 0.25) is 0 Å². The summed E-state index contributed by atoms with van der Waals surface area (Å²) in [6.07, 6.45) is 2.27. The van der Waals surface area contributed by atoms with Crippen molar-refractivity contribution in [1.29, 1.82) is 0 Å². The van der Waals surface area contributed by atoms with Gasteiger partial charge in [0.2, 0.25) is 0 Å². The van der Waals surface area contributed by atoms with Gasteiger partial charge in [-0.2, -0.15) is 0 Å². The molecular weight excluding hydrogens is 198 g/mol. The molecule has 0 bridgehead atoms. The maximum Gasteiger partial charge on any atom is 0.0814 e. The second kappa shape index (κ2) is 4.98. The van der Waals surface area contributed by atoms with Gasteiger partial charge in [0.15, 0.2) is 0 Å². The Labute approximate surface area is 98.2 Å². The van der Waals surface area contributed by atoms with Gasteiger partial charge < -0.3 is 4.74 Å². The minimum atomic E-state index is 0.106. The predicted octanol–water partition coefficient (Wildman–Crippen LogP) is 2.69. The Morgan fingerprint density at radius 3 is 2.62 bits per heavy atom. The first-order chi connectivity index (χ1) is 7.78. The van der Waals surface area contributed by atoms with Crippen molar-refractivity contribution in [1.82, 2.24) is 4.90 Å². The molecule has 0 unspecified atom stereocenters. The van der Waals surface area contributed by atoms with Crippen LogP contribution in [0.25, 0.3) is 0 Å². The topological polar surface area (TPSA) is 12.5 Å². The van der Waals surface area contributed by atoms with Crippen molar-refractivity contribution < 1.29 is 4.74 Å². The van der Waals surface area contributed by atoms with Gasteiger partial charge in [0, 0.05) is 26.7 Å². The van der Waals surface area contributed by atoms with Crippen molar-refractivity contribution >= 4 is 0 Å². The van der Waals surface area contributed by atoms with E-state index in [1.165, 1.54) is 5.56 Å². The SMILES string of the molecule is CC[C@@]1(OC)CCN(Cc2ccccc2)C1. The molecule has 0 radical (unpaired) electrons. The summed E-state index contributed by atoms with van der Waals surface area (Å²) in [5.74, 6) is 0. The monoisotopic (exact) mass is 219 g/mol. The molecule has 0 amide bonds. The smallest absolute Gasteiger partial charge is 0.0814 e. The first-order valence-electron chi connectivity index (χ1n) is 6.09. The number of methoxy groups -OCH3 is 1. The second-order valence-corrected chi connectivity index (χ2v) is 4.69. The highest BCUT2D eigenvalue weighted by Gasteiger charge is 2.36. The van der Waals surface area contributed by atoms with Crippen LogP contribution in [-0.4, -0.2) is 30.7 Å². The van der Waals surface area contributed by atoms with Crippen LogP contribution in [0.3, 0.4) is 0 Å². The number of nitrogens with zero attached hydrogens (tertiary/aromatic N) is 1. The largest absolute Gasteiger partial charge is 0.377 e. The van der Waals surface area contributed by atoms with Crippen LogP contribution in [-0.2, 0) is 11.3 Å². The highest BCUT2D eigenvalue weighted by atomic mass is 16.5. The molecule has 1 aliphatic rings. The maximum absolute atomic E-state index is 5.67. The zero-order valence-electron chi connectivity index (χ0n) is 10.3. The summed E-state index contributed by atoms with van der Waals surface area (Å²) in [6.45, 7) is 5.48. The lowest BCUT2D eigenvalue weighted by molar-refractivity contribution is -0.00503. The van der Waals surface area contributed by atoms with Crippen LogP contribution in [0.1, 0.15) is 25.3 Å². The van der Waals surface area contributed by atoms with Crippen molar-refractivity contribution in [3.63, 3.8) is 0 Å². The van der Waals surface area contributed by atoms with E-state index in [1.54, 1.807) is 0 Å². The van der Waals surface area contributed by atoms with Gasteiger partial charge >= 0.3 is 0 Å². The summed E-state index contributed by atoms with van der Waals surface area (Å²) in [6, 6.07) is 10.7. The van der Waals surface area contributed by atoms with Crippen LogP contribution in [0.4, 0.5) is 0 Å². The van der Waals surface area contributed by atoms with E-state index in [1.807, 2.05) is 7.11 Å². The van der Waals surface area contributed by atoms with Gasteiger partial charge in [-0.15, -0.1) is 0 Å². The molecule has 2 rings (SSSR count). The molecule has 1 saturated heterocycles. The Hall–Kier alpha value is -0.860. The standard InChI is InChI=1S/C14H21NO/c1-3-14(16-2)9-10-15(12-14)11-13-7-5-4-6-8-13/h4-8H,3,9-12H2,1-2H3/t14-/m1/s1. The highest BCUT2D eigenvalue weighted by molar-refractivity contribution is 5.14. The average Bonchev–Trinajstić information content (AvgIpc) is 2.75. The van der Waals surface area contributed by atoms with E-state index >= 15 is 0 Å². The fraction of sp³-hybridized carbons (Fsp3) is 0.571. The van der Waals surface area contributed by atoms with Crippen molar-refractivity contribution in [2.24, 2.45) is 0 Å². The molecule has 1 fully saturated rings. The van der Waals surface area contributed by atoms with Gasteiger partial charge in [-0.3, -0.25) is 4.90 Å². The molecule has 1 aromatic rings. The third-order valence-electron chi connectivity index (χ3n) is 3.72. The Morgan fingerprint density at radius 2 is 2.06 bits per heavy atom. The molecule has 0 spiro atoms. The summed E-state index contributed by atoms with van der Waals surface area (Å²) in [5, 5.41) is 0. The normalized spacial score (nSPS) is 26.1. The van der Waals surface area contributed by atoms with Crippen LogP contribution in [0, 0.1) is 0 Å². The van der Waals surface area contributed by atoms with Gasteiger partial charge in [-0.25, -0.2) is 0 Å². The molecular formula is C14H21NO. The highest BCUT2D eigenvalue weighted by Crippen LogP contribution is 2.28. The summed E-state index contributed by atoms with van der Waals surface area (Å²) in [4.78, 5) is 2.49. The summed E-state index contributed by atoms with van der Waals surface area (Å²) in [5.41, 5.74) is 1.50. The van der Waals surface area contributed by atoms with E-state index < -0.39 is 0 Å². The first-order valence-corrected chi connectivity index (χ1v) is 6.09. The van der Waals surface area contributed by atoms with E-state index in [0.717, 1.165) is 32.5 Å². The average molecular weight is 219 g/mol. The molecule has 1 aromatic carbocycles. The molecule has 88 valence electrons. The van der Waals surface area contributed by atoms with Gasteiger partial charge in [-0.1, -0.05) is 37.3 Å². The zero-order chi connectivity index (χ0) is 11.4. The zero-order valence-corrected chi connectivity index (χ0v) is 10.3. The van der Waals surface area contributed by atoms with Crippen molar-refractivity contribution in [3.8, 4) is 0 Å². The molecule has 1 atom stereocenters. The molecule has 16 heavy (non-hydrogen) atoms. The third-order valence-corrected chi connectivity index (χ3v) is 3.72. The second-order valence-electron chi connectivity index (χ2n) is 4.69. The minimum absolute atomic E-state index is 0.106. The summed E-state index contributed by atoms with van der Waals surface area (Å²) in [7, 11) is 1.84. The molecule has 2 nitrogen and oxygen atoms in total. The number of likely N-dealkylation sites (tertiary alicyclic amines) is 1. The number of benzene rings is 1. The number of hydrogen-bond acceptors (Lipinski definition) is 2. The lowest BCUT2D eigenvalue weighted by Crippen LogP contribution is -2.34. The van der Waals surface area contributed by atoms with E-state index in [0.29, 0.717) is 0 Å². The number of hydrogen-bond donors (Lipinski definition) is 0. The van der Waals surface area contributed by atoms with Crippen LogP contribution < -0.4 is 0 Å². The fourth-order valence-electron chi connectivity index (χ4n) is 2.50. The van der Waals surface area contributed by atoms with Gasteiger partial charge in [0.1, 0.15) is 0 Å². The van der Waals surface area contributed by atoms with Crippen molar-refractivity contribution in [3.05, 3.63) is 35.9 Å². The Bertz CT molecular complexity index is 319. The van der Waals surface area contributed by atoms with E-state index in [4.69, 9.17) is 4.74 Å². The van der Waals surface area contributed by atoms with Gasteiger partial charge in [0.05, 0.1) is 5.60 Å². The van der Waals surface area contributed by atoms with Crippen LogP contribution >= 0.6 is 0 Å². The predicted molar refractivity (Wildman–Crippen MR) is 66.4 cm³/mol. The number of rotatable bonds is 4. The van der Waals surface area contributed by atoms with Crippen LogP contribution in [0.15, 0.2) is 30.3 Å². The minimum Gasteiger partial charge on any atom is -0.377 e. The van der Waals surface area contributed by atoms with Crippen molar-refractivity contribution in [2.45, 2.75) is 31.9 Å². The van der Waals surface area contributed by atoms with Crippen LogP contribution in [0.5, 0.6) is 0 Å². The lowest BCUT2D eigenvalue weighted by Gasteiger charge is -2.26. The summed E-state index contributed by atoms with van der Waals surface area (Å²) >= 11 is 0. The molecule has 0 saturated carbocycles. The number of ether oxygens (including phenoxy) is 1. The molecule has 0 N–H and O–H groups in total. The first kappa shape index (κ1) is 11.6. The molecule has 1 aliphatic heterocycles. The van der Waals surface area contributed by atoms with Crippen molar-refractivity contribution in [2.75, 3.05) is 20.2 Å². The Balaban J connectivity index is 1.95. The molecule has 1 heterocycles.